The summed E-state index contributed by atoms with van der Waals surface area (Å²) in [7, 11) is 0. The van der Waals surface area contributed by atoms with Gasteiger partial charge in [-0.15, -0.1) is 12.4 Å². The van der Waals surface area contributed by atoms with Crippen molar-refractivity contribution in [3.63, 3.8) is 0 Å². The fourth-order valence-electron chi connectivity index (χ4n) is 1.70. The highest BCUT2D eigenvalue weighted by Crippen LogP contribution is 2.35. The van der Waals surface area contributed by atoms with Crippen molar-refractivity contribution in [1.82, 2.24) is 4.90 Å². The van der Waals surface area contributed by atoms with Crippen molar-refractivity contribution in [3.05, 3.63) is 0 Å². The van der Waals surface area contributed by atoms with Gasteiger partial charge in [-0.3, -0.25) is 14.5 Å². The third kappa shape index (κ3) is 2.69. The first-order valence-corrected chi connectivity index (χ1v) is 5.10. The van der Waals surface area contributed by atoms with Gasteiger partial charge in [-0.2, -0.15) is 0 Å². The maximum absolute atomic E-state index is 11.8. The van der Waals surface area contributed by atoms with E-state index in [0.717, 1.165) is 6.42 Å². The van der Waals surface area contributed by atoms with Crippen LogP contribution in [0, 0.1) is 5.41 Å². The van der Waals surface area contributed by atoms with Crippen LogP contribution in [0.2, 0.25) is 0 Å². The smallest absolute Gasteiger partial charge is 0.235 e. The highest BCUT2D eigenvalue weighted by Gasteiger charge is 2.46. The molecule has 2 amide bonds. The number of hydrogen-bond donors (Lipinski definition) is 1. The molecule has 2 N–H and O–H groups in total. The van der Waals surface area contributed by atoms with Crippen molar-refractivity contribution in [3.8, 4) is 0 Å². The molecule has 5 heteroatoms. The first kappa shape index (κ1) is 14.4. The Labute approximate surface area is 96.6 Å². The fourth-order valence-corrected chi connectivity index (χ4v) is 1.70. The van der Waals surface area contributed by atoms with Gasteiger partial charge in [0, 0.05) is 13.0 Å². The maximum Gasteiger partial charge on any atom is 0.235 e. The fraction of sp³-hybridized carbons (Fsp3) is 0.800. The highest BCUT2D eigenvalue weighted by atomic mass is 35.5. The standard InChI is InChI=1S/C10H18N2O2.ClH/c1-3-10(2)7-8(13)12(9(10)14)6-4-5-11;/h3-7,11H2,1-2H3;1H. The lowest BCUT2D eigenvalue weighted by atomic mass is 9.86. The summed E-state index contributed by atoms with van der Waals surface area (Å²) in [6, 6.07) is 0. The number of carbonyl (C=O) groups is 2. The minimum atomic E-state index is -0.467. The summed E-state index contributed by atoms with van der Waals surface area (Å²) in [5.41, 5.74) is 4.88. The molecule has 0 aliphatic carbocycles. The van der Waals surface area contributed by atoms with Crippen LogP contribution in [0.4, 0.5) is 0 Å². The van der Waals surface area contributed by atoms with Gasteiger partial charge in [0.05, 0.1) is 5.41 Å². The SMILES string of the molecule is CCC1(C)CC(=O)N(CCCN)C1=O.Cl. The Bertz CT molecular complexity index is 258. The molecule has 0 saturated carbocycles. The molecule has 1 saturated heterocycles. The van der Waals surface area contributed by atoms with Gasteiger partial charge in [-0.05, 0) is 19.4 Å². The molecule has 1 aliphatic heterocycles. The van der Waals surface area contributed by atoms with Crippen molar-refractivity contribution in [2.24, 2.45) is 11.1 Å². The van der Waals surface area contributed by atoms with E-state index in [1.165, 1.54) is 4.90 Å². The molecule has 0 aromatic heterocycles. The molecule has 1 unspecified atom stereocenters. The van der Waals surface area contributed by atoms with Crippen LogP contribution in [-0.2, 0) is 9.59 Å². The molecule has 0 bridgehead atoms. The van der Waals surface area contributed by atoms with Crippen molar-refractivity contribution < 1.29 is 9.59 Å². The molecule has 0 aromatic rings. The van der Waals surface area contributed by atoms with Crippen LogP contribution in [-0.4, -0.2) is 29.8 Å². The zero-order chi connectivity index (χ0) is 10.8. The molecule has 1 rings (SSSR count). The van der Waals surface area contributed by atoms with E-state index in [1.807, 2.05) is 13.8 Å². The van der Waals surface area contributed by atoms with E-state index < -0.39 is 5.41 Å². The van der Waals surface area contributed by atoms with Crippen LogP contribution in [0.15, 0.2) is 0 Å². The van der Waals surface area contributed by atoms with E-state index in [1.54, 1.807) is 0 Å². The zero-order valence-electron chi connectivity index (χ0n) is 9.28. The van der Waals surface area contributed by atoms with Gasteiger partial charge < -0.3 is 5.73 Å². The topological polar surface area (TPSA) is 63.4 Å². The average Bonchev–Trinajstić information content (AvgIpc) is 2.37. The average molecular weight is 235 g/mol. The Morgan fingerprint density at radius 3 is 2.47 bits per heavy atom. The lowest BCUT2D eigenvalue weighted by molar-refractivity contribution is -0.141. The molecule has 88 valence electrons. The van der Waals surface area contributed by atoms with Crippen LogP contribution in [0.3, 0.4) is 0 Å². The summed E-state index contributed by atoms with van der Waals surface area (Å²) in [4.78, 5) is 24.7. The lowest BCUT2D eigenvalue weighted by Gasteiger charge is -2.19. The number of nitrogens with two attached hydrogens (primary N) is 1. The molecule has 15 heavy (non-hydrogen) atoms. The Morgan fingerprint density at radius 2 is 2.07 bits per heavy atom. The minimum absolute atomic E-state index is 0. The van der Waals surface area contributed by atoms with Crippen LogP contribution in [0.5, 0.6) is 0 Å². The van der Waals surface area contributed by atoms with Gasteiger partial charge in [0.2, 0.25) is 11.8 Å². The highest BCUT2D eigenvalue weighted by molar-refractivity contribution is 6.05. The summed E-state index contributed by atoms with van der Waals surface area (Å²) < 4.78 is 0. The molecule has 0 radical (unpaired) electrons. The Kier molecular flexibility index (Phi) is 5.24. The molecule has 1 aliphatic rings. The van der Waals surface area contributed by atoms with Gasteiger partial charge in [0.15, 0.2) is 0 Å². The van der Waals surface area contributed by atoms with Crippen molar-refractivity contribution in [2.45, 2.75) is 33.1 Å². The van der Waals surface area contributed by atoms with Crippen molar-refractivity contribution in [2.75, 3.05) is 13.1 Å². The second-order valence-corrected chi connectivity index (χ2v) is 4.08. The number of likely N-dealkylation sites (tertiary alicyclic amines) is 1. The molecule has 0 aromatic carbocycles. The monoisotopic (exact) mass is 234 g/mol. The quantitative estimate of drug-likeness (QED) is 0.737. The van der Waals surface area contributed by atoms with Crippen molar-refractivity contribution in [1.29, 1.82) is 0 Å². The number of nitrogens with zero attached hydrogens (tertiary/aromatic N) is 1. The Hall–Kier alpha value is -0.610. The van der Waals surface area contributed by atoms with Gasteiger partial charge in [0.1, 0.15) is 0 Å². The Morgan fingerprint density at radius 1 is 1.47 bits per heavy atom. The molecule has 1 atom stereocenters. The third-order valence-electron chi connectivity index (χ3n) is 2.97. The van der Waals surface area contributed by atoms with E-state index in [9.17, 15) is 9.59 Å². The van der Waals surface area contributed by atoms with Crippen LogP contribution >= 0.6 is 12.4 Å². The van der Waals surface area contributed by atoms with Gasteiger partial charge in [0.25, 0.3) is 0 Å². The van der Waals surface area contributed by atoms with Gasteiger partial charge >= 0.3 is 0 Å². The number of rotatable bonds is 4. The summed E-state index contributed by atoms with van der Waals surface area (Å²) in [6.07, 6.45) is 1.76. The van der Waals surface area contributed by atoms with Gasteiger partial charge in [-0.1, -0.05) is 13.8 Å². The van der Waals surface area contributed by atoms with Crippen LogP contribution in [0.25, 0.3) is 0 Å². The van der Waals surface area contributed by atoms with E-state index in [0.29, 0.717) is 25.9 Å². The number of hydrogen-bond acceptors (Lipinski definition) is 3. The first-order valence-electron chi connectivity index (χ1n) is 5.10. The van der Waals surface area contributed by atoms with Crippen LogP contribution in [0.1, 0.15) is 33.1 Å². The largest absolute Gasteiger partial charge is 0.330 e. The molecular formula is C10H19ClN2O2. The Balaban J connectivity index is 0.00000196. The summed E-state index contributed by atoms with van der Waals surface area (Å²) in [5.74, 6) is -0.0775. The first-order chi connectivity index (χ1) is 6.55. The van der Waals surface area contributed by atoms with Gasteiger partial charge in [-0.25, -0.2) is 0 Å². The number of amides is 2. The van der Waals surface area contributed by atoms with Crippen molar-refractivity contribution >= 4 is 24.2 Å². The summed E-state index contributed by atoms with van der Waals surface area (Å²) >= 11 is 0. The number of halogens is 1. The minimum Gasteiger partial charge on any atom is -0.330 e. The molecule has 0 spiro atoms. The lowest BCUT2D eigenvalue weighted by Crippen LogP contribution is -2.35. The van der Waals surface area contributed by atoms with E-state index in [4.69, 9.17) is 5.73 Å². The molecule has 1 heterocycles. The molecule has 1 fully saturated rings. The summed E-state index contributed by atoms with van der Waals surface area (Å²) in [5, 5.41) is 0. The number of carbonyl (C=O) groups excluding carboxylic acids is 2. The summed E-state index contributed by atoms with van der Waals surface area (Å²) in [6.45, 7) is 4.79. The predicted molar refractivity (Wildman–Crippen MR) is 60.7 cm³/mol. The normalized spacial score (nSPS) is 25.7. The second kappa shape index (κ2) is 5.47. The second-order valence-electron chi connectivity index (χ2n) is 4.08. The number of imide groups is 1. The predicted octanol–water partition coefficient (Wildman–Crippen LogP) is 0.932. The van der Waals surface area contributed by atoms with E-state index >= 15 is 0 Å². The maximum atomic E-state index is 11.8. The molecule has 4 nitrogen and oxygen atoms in total. The van der Waals surface area contributed by atoms with E-state index in [-0.39, 0.29) is 24.2 Å². The van der Waals surface area contributed by atoms with Crippen LogP contribution < -0.4 is 5.73 Å². The molecular weight excluding hydrogens is 216 g/mol. The zero-order valence-corrected chi connectivity index (χ0v) is 10.1. The third-order valence-corrected chi connectivity index (χ3v) is 2.97. The van der Waals surface area contributed by atoms with E-state index in [2.05, 4.69) is 0 Å².